The molecular weight excluding hydrogens is 202 g/mol. The van der Waals surface area contributed by atoms with Gasteiger partial charge in [-0.05, 0) is 32.9 Å². The van der Waals surface area contributed by atoms with Crippen molar-refractivity contribution in [2.75, 3.05) is 46.9 Å². The lowest BCUT2D eigenvalue weighted by Gasteiger charge is -2.40. The number of likely N-dealkylation sites (tertiary alicyclic amines) is 1. The number of likely N-dealkylation sites (N-methyl/N-ethyl adjacent to an activating group) is 1. The van der Waals surface area contributed by atoms with Crippen LogP contribution in [-0.4, -0.2) is 68.3 Å². The molecule has 16 heavy (non-hydrogen) atoms. The summed E-state index contributed by atoms with van der Waals surface area (Å²) in [5.41, 5.74) is 6.28. The third kappa shape index (κ3) is 2.40. The van der Waals surface area contributed by atoms with Crippen LogP contribution in [-0.2, 0) is 4.74 Å². The highest BCUT2D eigenvalue weighted by atomic mass is 16.5. The first-order valence-electron chi connectivity index (χ1n) is 6.36. The lowest BCUT2D eigenvalue weighted by Crippen LogP contribution is -2.57. The van der Waals surface area contributed by atoms with Crippen molar-refractivity contribution >= 4 is 0 Å². The van der Waals surface area contributed by atoms with Gasteiger partial charge in [0, 0.05) is 38.3 Å². The molecule has 0 aromatic rings. The normalized spacial score (nSPS) is 31.5. The summed E-state index contributed by atoms with van der Waals surface area (Å²) in [6, 6.07) is 0.769. The number of ether oxygens (including phenoxy) is 1. The van der Waals surface area contributed by atoms with Crippen LogP contribution in [0.4, 0.5) is 0 Å². The van der Waals surface area contributed by atoms with Crippen LogP contribution < -0.4 is 5.73 Å². The number of methoxy groups -OCH3 is 1. The molecule has 2 N–H and O–H groups in total. The van der Waals surface area contributed by atoms with Gasteiger partial charge in [0.05, 0.1) is 6.61 Å². The molecule has 1 unspecified atom stereocenters. The van der Waals surface area contributed by atoms with E-state index in [1.54, 1.807) is 7.11 Å². The van der Waals surface area contributed by atoms with Crippen LogP contribution in [0.15, 0.2) is 0 Å². The van der Waals surface area contributed by atoms with Gasteiger partial charge in [0.2, 0.25) is 0 Å². The zero-order valence-corrected chi connectivity index (χ0v) is 10.6. The SMILES string of the molecule is COCCN(C1CC1)C1(CN)CCN(C)C1. The summed E-state index contributed by atoms with van der Waals surface area (Å²) >= 11 is 0. The fourth-order valence-electron chi connectivity index (χ4n) is 2.96. The largest absolute Gasteiger partial charge is 0.383 e. The lowest BCUT2D eigenvalue weighted by molar-refractivity contribution is 0.0585. The topological polar surface area (TPSA) is 41.7 Å². The van der Waals surface area contributed by atoms with Crippen molar-refractivity contribution in [3.05, 3.63) is 0 Å². The first-order valence-corrected chi connectivity index (χ1v) is 6.36. The van der Waals surface area contributed by atoms with Crippen molar-refractivity contribution in [3.8, 4) is 0 Å². The van der Waals surface area contributed by atoms with E-state index < -0.39 is 0 Å². The maximum Gasteiger partial charge on any atom is 0.0590 e. The molecule has 1 saturated heterocycles. The van der Waals surface area contributed by atoms with E-state index in [-0.39, 0.29) is 5.54 Å². The van der Waals surface area contributed by atoms with Crippen molar-refractivity contribution in [1.82, 2.24) is 9.80 Å². The minimum absolute atomic E-state index is 0.217. The van der Waals surface area contributed by atoms with Gasteiger partial charge in [0.25, 0.3) is 0 Å². The van der Waals surface area contributed by atoms with Crippen LogP contribution in [0.1, 0.15) is 19.3 Å². The second kappa shape index (κ2) is 5.00. The molecular formula is C12H25N3O. The Morgan fingerprint density at radius 3 is 2.69 bits per heavy atom. The van der Waals surface area contributed by atoms with E-state index >= 15 is 0 Å². The molecule has 2 rings (SSSR count). The highest BCUT2D eigenvalue weighted by Crippen LogP contribution is 2.36. The summed E-state index contributed by atoms with van der Waals surface area (Å²) < 4.78 is 5.23. The van der Waals surface area contributed by atoms with Crippen LogP contribution in [0.3, 0.4) is 0 Å². The average Bonchev–Trinajstić information content (AvgIpc) is 3.04. The van der Waals surface area contributed by atoms with Crippen LogP contribution >= 0.6 is 0 Å². The Kier molecular flexibility index (Phi) is 3.85. The second-order valence-electron chi connectivity index (χ2n) is 5.33. The summed E-state index contributed by atoms with van der Waals surface area (Å²) in [4.78, 5) is 5.02. The summed E-state index contributed by atoms with van der Waals surface area (Å²) in [5, 5.41) is 0. The molecule has 0 spiro atoms. The van der Waals surface area contributed by atoms with E-state index in [1.165, 1.54) is 25.8 Å². The Morgan fingerprint density at radius 2 is 2.25 bits per heavy atom. The number of nitrogens with zero attached hydrogens (tertiary/aromatic N) is 2. The molecule has 0 radical (unpaired) electrons. The highest BCUT2D eigenvalue weighted by Gasteiger charge is 2.46. The Morgan fingerprint density at radius 1 is 1.50 bits per heavy atom. The van der Waals surface area contributed by atoms with Crippen molar-refractivity contribution in [2.45, 2.75) is 30.8 Å². The zero-order valence-electron chi connectivity index (χ0n) is 10.6. The Labute approximate surface area is 98.7 Å². The molecule has 4 nitrogen and oxygen atoms in total. The van der Waals surface area contributed by atoms with Gasteiger partial charge in [-0.3, -0.25) is 4.90 Å². The molecule has 1 aliphatic carbocycles. The van der Waals surface area contributed by atoms with Gasteiger partial charge in [0.15, 0.2) is 0 Å². The van der Waals surface area contributed by atoms with E-state index in [0.717, 1.165) is 32.3 Å². The monoisotopic (exact) mass is 227 g/mol. The molecule has 1 heterocycles. The van der Waals surface area contributed by atoms with E-state index in [2.05, 4.69) is 16.8 Å². The van der Waals surface area contributed by atoms with E-state index in [4.69, 9.17) is 10.5 Å². The third-order valence-corrected chi connectivity index (χ3v) is 4.04. The average molecular weight is 227 g/mol. The molecule has 1 aliphatic heterocycles. The number of hydrogen-bond acceptors (Lipinski definition) is 4. The van der Waals surface area contributed by atoms with E-state index in [0.29, 0.717) is 0 Å². The fraction of sp³-hybridized carbons (Fsp3) is 1.00. The maximum absolute atomic E-state index is 6.06. The maximum atomic E-state index is 6.06. The number of nitrogens with two attached hydrogens (primary N) is 1. The fourth-order valence-corrected chi connectivity index (χ4v) is 2.96. The van der Waals surface area contributed by atoms with Crippen molar-refractivity contribution in [2.24, 2.45) is 5.73 Å². The highest BCUT2D eigenvalue weighted by molar-refractivity contribution is 5.04. The van der Waals surface area contributed by atoms with Crippen molar-refractivity contribution < 1.29 is 4.74 Å². The van der Waals surface area contributed by atoms with Crippen LogP contribution in [0.25, 0.3) is 0 Å². The summed E-state index contributed by atoms with van der Waals surface area (Å²) in [6.07, 6.45) is 3.89. The van der Waals surface area contributed by atoms with Crippen LogP contribution in [0, 0.1) is 0 Å². The Bertz CT molecular complexity index is 232. The number of hydrogen-bond donors (Lipinski definition) is 1. The molecule has 1 saturated carbocycles. The van der Waals surface area contributed by atoms with Gasteiger partial charge in [-0.15, -0.1) is 0 Å². The van der Waals surface area contributed by atoms with Crippen molar-refractivity contribution in [1.29, 1.82) is 0 Å². The molecule has 1 atom stereocenters. The molecule has 94 valence electrons. The van der Waals surface area contributed by atoms with Crippen molar-refractivity contribution in [3.63, 3.8) is 0 Å². The van der Waals surface area contributed by atoms with Crippen LogP contribution in [0.2, 0.25) is 0 Å². The molecule has 2 aliphatic rings. The van der Waals surface area contributed by atoms with E-state index in [9.17, 15) is 0 Å². The summed E-state index contributed by atoms with van der Waals surface area (Å²) in [7, 11) is 3.97. The Hall–Kier alpha value is -0.160. The van der Waals surface area contributed by atoms with Gasteiger partial charge >= 0.3 is 0 Å². The van der Waals surface area contributed by atoms with Gasteiger partial charge < -0.3 is 15.4 Å². The van der Waals surface area contributed by atoms with Gasteiger partial charge in [-0.2, -0.15) is 0 Å². The molecule has 2 fully saturated rings. The predicted octanol–water partition coefficient (Wildman–Crippen LogP) is 0.130. The second-order valence-corrected chi connectivity index (χ2v) is 5.33. The first-order chi connectivity index (χ1) is 7.72. The Balaban J connectivity index is 2.03. The van der Waals surface area contributed by atoms with Gasteiger partial charge in [-0.1, -0.05) is 0 Å². The minimum atomic E-state index is 0.217. The minimum Gasteiger partial charge on any atom is -0.383 e. The van der Waals surface area contributed by atoms with E-state index in [1.807, 2.05) is 0 Å². The smallest absolute Gasteiger partial charge is 0.0590 e. The molecule has 0 bridgehead atoms. The molecule has 4 heteroatoms. The lowest BCUT2D eigenvalue weighted by atomic mass is 9.95. The van der Waals surface area contributed by atoms with Gasteiger partial charge in [0.1, 0.15) is 0 Å². The standard InChI is InChI=1S/C12H25N3O/c1-14-6-5-12(9-13,10-14)15(7-8-16-2)11-3-4-11/h11H,3-10,13H2,1-2H3. The first kappa shape index (κ1) is 12.3. The summed E-state index contributed by atoms with van der Waals surface area (Å²) in [5.74, 6) is 0. The zero-order chi connectivity index (χ0) is 11.6. The van der Waals surface area contributed by atoms with Gasteiger partial charge in [-0.25, -0.2) is 0 Å². The van der Waals surface area contributed by atoms with Crippen LogP contribution in [0.5, 0.6) is 0 Å². The third-order valence-electron chi connectivity index (χ3n) is 4.04. The molecule has 0 aromatic heterocycles. The summed E-state index contributed by atoms with van der Waals surface area (Å²) in [6.45, 7) is 4.92. The molecule has 0 amide bonds. The quantitative estimate of drug-likeness (QED) is 0.700. The number of rotatable bonds is 6. The predicted molar refractivity (Wildman–Crippen MR) is 65.5 cm³/mol. The molecule has 0 aromatic carbocycles.